The number of hydrogen-bond donors (Lipinski definition) is 0. The van der Waals surface area contributed by atoms with E-state index in [2.05, 4.69) is 0 Å². The van der Waals surface area contributed by atoms with Crippen LogP contribution in [-0.2, 0) is 10.0 Å². The molecule has 0 N–H and O–H groups in total. The predicted molar refractivity (Wildman–Crippen MR) is 66.6 cm³/mol. The summed E-state index contributed by atoms with van der Waals surface area (Å²) in [5.41, 5.74) is 0.460. The molecule has 1 aliphatic heterocycles. The van der Waals surface area contributed by atoms with Crippen molar-refractivity contribution in [3.8, 4) is 11.8 Å². The average Bonchev–Trinajstić information content (AvgIpc) is 2.69. The first-order valence-corrected chi connectivity index (χ1v) is 7.34. The van der Waals surface area contributed by atoms with E-state index in [1.165, 1.54) is 4.31 Å². The van der Waals surface area contributed by atoms with Crippen LogP contribution in [0.3, 0.4) is 0 Å². The van der Waals surface area contributed by atoms with Crippen molar-refractivity contribution in [3.63, 3.8) is 0 Å². The van der Waals surface area contributed by atoms with Gasteiger partial charge in [-0.15, -0.1) is 0 Å². The second-order valence-corrected chi connectivity index (χ2v) is 6.11. The van der Waals surface area contributed by atoms with E-state index in [9.17, 15) is 8.42 Å². The summed E-state index contributed by atoms with van der Waals surface area (Å²) in [5.74, 6) is 0.721. The summed E-state index contributed by atoms with van der Waals surface area (Å²) in [5, 5.41) is 8.88. The number of rotatable bonds is 4. The third kappa shape index (κ3) is 2.81. The summed E-state index contributed by atoms with van der Waals surface area (Å²) >= 11 is 0. The van der Waals surface area contributed by atoms with E-state index in [-0.39, 0.29) is 12.4 Å². The highest BCUT2D eigenvalue weighted by Crippen LogP contribution is 2.17. The van der Waals surface area contributed by atoms with E-state index in [1.54, 1.807) is 24.3 Å². The van der Waals surface area contributed by atoms with Crippen molar-refractivity contribution in [1.82, 2.24) is 4.31 Å². The number of nitriles is 1. The molecule has 1 saturated heterocycles. The lowest BCUT2D eigenvalue weighted by molar-refractivity contribution is 0.278. The lowest BCUT2D eigenvalue weighted by Crippen LogP contribution is -2.30. The topological polar surface area (TPSA) is 70.4 Å². The highest BCUT2D eigenvalue weighted by Gasteiger charge is 2.27. The Morgan fingerprint density at radius 1 is 1.39 bits per heavy atom. The SMILES string of the molecule is N#Cc1ccccc1OCCN1CCCS1(=O)=O. The predicted octanol–water partition coefficient (Wildman–Crippen LogP) is 0.973. The Labute approximate surface area is 107 Å². The number of nitrogens with zero attached hydrogens (tertiary/aromatic N) is 2. The Hall–Kier alpha value is -1.58. The molecule has 0 unspecified atom stereocenters. The van der Waals surface area contributed by atoms with E-state index < -0.39 is 10.0 Å². The minimum atomic E-state index is -3.07. The zero-order valence-corrected chi connectivity index (χ0v) is 10.7. The van der Waals surface area contributed by atoms with E-state index in [0.717, 1.165) is 0 Å². The van der Waals surface area contributed by atoms with E-state index in [4.69, 9.17) is 10.00 Å². The van der Waals surface area contributed by atoms with Crippen LogP contribution < -0.4 is 4.74 Å². The van der Waals surface area contributed by atoms with Gasteiger partial charge >= 0.3 is 0 Å². The van der Waals surface area contributed by atoms with Crippen LogP contribution in [0.1, 0.15) is 12.0 Å². The van der Waals surface area contributed by atoms with E-state index in [1.807, 2.05) is 6.07 Å². The summed E-state index contributed by atoms with van der Waals surface area (Å²) in [7, 11) is -3.07. The van der Waals surface area contributed by atoms with Crippen molar-refractivity contribution in [2.24, 2.45) is 0 Å². The zero-order chi connectivity index (χ0) is 13.0. The Bertz CT molecular complexity index is 563. The molecule has 0 saturated carbocycles. The van der Waals surface area contributed by atoms with Gasteiger partial charge in [0.2, 0.25) is 10.0 Å². The molecule has 0 aromatic heterocycles. The number of sulfonamides is 1. The van der Waals surface area contributed by atoms with Crippen LogP contribution in [0.25, 0.3) is 0 Å². The Balaban J connectivity index is 1.91. The highest BCUT2D eigenvalue weighted by atomic mass is 32.2. The summed E-state index contributed by atoms with van der Waals surface area (Å²) < 4.78 is 30.0. The van der Waals surface area contributed by atoms with Crippen LogP contribution in [0.5, 0.6) is 5.75 Å². The molecule has 2 rings (SSSR count). The lowest BCUT2D eigenvalue weighted by atomic mass is 10.2. The van der Waals surface area contributed by atoms with Crippen LogP contribution in [0.15, 0.2) is 24.3 Å². The summed E-state index contributed by atoms with van der Waals surface area (Å²) in [6, 6.07) is 8.95. The molecule has 0 spiro atoms. The Kier molecular flexibility index (Phi) is 3.84. The smallest absolute Gasteiger partial charge is 0.214 e. The fourth-order valence-electron chi connectivity index (χ4n) is 1.88. The quantitative estimate of drug-likeness (QED) is 0.814. The van der Waals surface area contributed by atoms with Gasteiger partial charge in [-0.3, -0.25) is 0 Å². The van der Waals surface area contributed by atoms with Crippen molar-refractivity contribution in [1.29, 1.82) is 5.26 Å². The third-order valence-corrected chi connectivity index (χ3v) is 4.77. The van der Waals surface area contributed by atoms with Gasteiger partial charge < -0.3 is 4.74 Å². The summed E-state index contributed by atoms with van der Waals surface area (Å²) in [6.45, 7) is 1.16. The van der Waals surface area contributed by atoms with Crippen LogP contribution in [0, 0.1) is 11.3 Å². The molecular weight excluding hydrogens is 252 g/mol. The van der Waals surface area contributed by atoms with Crippen molar-refractivity contribution < 1.29 is 13.2 Å². The van der Waals surface area contributed by atoms with Gasteiger partial charge in [0.1, 0.15) is 18.4 Å². The number of hydrogen-bond acceptors (Lipinski definition) is 4. The number of ether oxygens (including phenoxy) is 1. The molecule has 0 amide bonds. The summed E-state index contributed by atoms with van der Waals surface area (Å²) in [4.78, 5) is 0. The molecule has 5 nitrogen and oxygen atoms in total. The molecule has 1 heterocycles. The van der Waals surface area contributed by atoms with Gasteiger partial charge in [-0.25, -0.2) is 8.42 Å². The molecule has 6 heteroatoms. The maximum absolute atomic E-state index is 11.5. The van der Waals surface area contributed by atoms with Crippen molar-refractivity contribution in [2.45, 2.75) is 6.42 Å². The first-order chi connectivity index (χ1) is 8.63. The van der Waals surface area contributed by atoms with Gasteiger partial charge in [0.05, 0.1) is 11.3 Å². The van der Waals surface area contributed by atoms with Gasteiger partial charge in [0.25, 0.3) is 0 Å². The van der Waals surface area contributed by atoms with Crippen LogP contribution >= 0.6 is 0 Å². The van der Waals surface area contributed by atoms with Crippen molar-refractivity contribution in [3.05, 3.63) is 29.8 Å². The fraction of sp³-hybridized carbons (Fsp3) is 0.417. The van der Waals surface area contributed by atoms with Gasteiger partial charge in [0.15, 0.2) is 0 Å². The normalized spacial score (nSPS) is 18.4. The molecule has 96 valence electrons. The summed E-state index contributed by atoms with van der Waals surface area (Å²) in [6.07, 6.45) is 0.678. The zero-order valence-electron chi connectivity index (χ0n) is 9.87. The third-order valence-electron chi connectivity index (χ3n) is 2.81. The molecule has 1 fully saturated rings. The second-order valence-electron chi connectivity index (χ2n) is 4.03. The van der Waals surface area contributed by atoms with Crippen molar-refractivity contribution in [2.75, 3.05) is 25.4 Å². The number of benzene rings is 1. The minimum Gasteiger partial charge on any atom is -0.491 e. The molecule has 1 aliphatic rings. The molecule has 18 heavy (non-hydrogen) atoms. The minimum absolute atomic E-state index is 0.224. The molecule has 0 atom stereocenters. The maximum Gasteiger partial charge on any atom is 0.214 e. The van der Waals surface area contributed by atoms with E-state index >= 15 is 0 Å². The van der Waals surface area contributed by atoms with Crippen molar-refractivity contribution >= 4 is 10.0 Å². The first kappa shape index (κ1) is 12.9. The second kappa shape index (κ2) is 5.38. The largest absolute Gasteiger partial charge is 0.491 e. The van der Waals surface area contributed by atoms with Crippen LogP contribution in [0.2, 0.25) is 0 Å². The first-order valence-electron chi connectivity index (χ1n) is 5.73. The van der Waals surface area contributed by atoms with Gasteiger partial charge in [-0.05, 0) is 18.6 Å². The van der Waals surface area contributed by atoms with E-state index in [0.29, 0.717) is 30.8 Å². The number of para-hydroxylation sites is 1. The van der Waals surface area contributed by atoms with Crippen LogP contribution in [0.4, 0.5) is 0 Å². The molecule has 0 aliphatic carbocycles. The monoisotopic (exact) mass is 266 g/mol. The molecule has 0 radical (unpaired) electrons. The average molecular weight is 266 g/mol. The van der Waals surface area contributed by atoms with Gasteiger partial charge in [0, 0.05) is 13.1 Å². The molecule has 0 bridgehead atoms. The Morgan fingerprint density at radius 3 is 2.83 bits per heavy atom. The Morgan fingerprint density at radius 2 is 2.17 bits per heavy atom. The van der Waals surface area contributed by atoms with Crippen LogP contribution in [-0.4, -0.2) is 38.2 Å². The molecular formula is C12H14N2O3S. The standard InChI is InChI=1S/C12H14N2O3S/c13-10-11-4-1-2-5-12(11)17-8-7-14-6-3-9-18(14,15)16/h1-2,4-5H,3,6-9H2. The maximum atomic E-state index is 11.5. The highest BCUT2D eigenvalue weighted by molar-refractivity contribution is 7.89. The molecule has 1 aromatic rings. The fourth-order valence-corrected chi connectivity index (χ4v) is 3.40. The van der Waals surface area contributed by atoms with Gasteiger partial charge in [-0.1, -0.05) is 12.1 Å². The molecule has 1 aromatic carbocycles. The van der Waals surface area contributed by atoms with Gasteiger partial charge in [-0.2, -0.15) is 9.57 Å². The lowest BCUT2D eigenvalue weighted by Gasteiger charge is -2.14.